The van der Waals surface area contributed by atoms with Crippen molar-refractivity contribution in [2.45, 2.75) is 11.5 Å². The van der Waals surface area contributed by atoms with Crippen molar-refractivity contribution in [1.29, 1.82) is 0 Å². The molecule has 20 heavy (non-hydrogen) atoms. The number of thioether (sulfide) groups is 1. The zero-order valence-corrected chi connectivity index (χ0v) is 11.0. The Morgan fingerprint density at radius 1 is 1.30 bits per heavy atom. The summed E-state index contributed by atoms with van der Waals surface area (Å²) in [6, 6.07) is 9.76. The van der Waals surface area contributed by atoms with Crippen molar-refractivity contribution < 1.29 is 4.92 Å². The topological polar surface area (TPSA) is 92.6 Å². The Labute approximate surface area is 118 Å². The first kappa shape index (κ1) is 12.7. The van der Waals surface area contributed by atoms with Crippen LogP contribution in [0.3, 0.4) is 0 Å². The van der Waals surface area contributed by atoms with E-state index in [4.69, 9.17) is 0 Å². The van der Waals surface area contributed by atoms with Crippen LogP contribution in [-0.2, 0) is 5.75 Å². The summed E-state index contributed by atoms with van der Waals surface area (Å²) in [4.78, 5) is 26.4. The van der Waals surface area contributed by atoms with E-state index in [9.17, 15) is 10.1 Å². The van der Waals surface area contributed by atoms with Crippen LogP contribution in [-0.4, -0.2) is 34.1 Å². The first-order chi connectivity index (χ1) is 9.71. The molecule has 0 radical (unpaired) electrons. The molecule has 0 spiro atoms. The maximum atomic E-state index is 11.2. The zero-order valence-electron chi connectivity index (χ0n) is 10.2. The molecule has 3 rings (SSSR count). The van der Waals surface area contributed by atoms with Crippen molar-refractivity contribution in [2.24, 2.45) is 20.0 Å². The fourth-order valence-electron chi connectivity index (χ4n) is 1.78. The molecule has 1 atom stereocenters. The van der Waals surface area contributed by atoms with Gasteiger partial charge in [-0.05, 0) is 5.56 Å². The van der Waals surface area contributed by atoms with E-state index in [1.165, 1.54) is 18.0 Å². The third kappa shape index (κ3) is 2.14. The van der Waals surface area contributed by atoms with Crippen molar-refractivity contribution in [2.75, 3.05) is 0 Å². The predicted octanol–water partition coefficient (Wildman–Crippen LogP) is 1.77. The van der Waals surface area contributed by atoms with Gasteiger partial charge in [-0.2, -0.15) is 9.98 Å². The third-order valence-electron chi connectivity index (χ3n) is 2.79. The minimum atomic E-state index is -1.83. The van der Waals surface area contributed by atoms with Gasteiger partial charge in [0.2, 0.25) is 0 Å². The van der Waals surface area contributed by atoms with Crippen LogP contribution in [0.1, 0.15) is 5.56 Å². The van der Waals surface area contributed by atoms with Crippen LogP contribution < -0.4 is 0 Å². The van der Waals surface area contributed by atoms with Crippen molar-refractivity contribution in [3.05, 3.63) is 46.0 Å². The number of fused-ring (bicyclic) bond motifs is 1. The van der Waals surface area contributed by atoms with Crippen LogP contribution >= 0.6 is 11.8 Å². The lowest BCUT2D eigenvalue weighted by Gasteiger charge is -2.16. The summed E-state index contributed by atoms with van der Waals surface area (Å²) in [5.74, 6) is -1.19. The number of aliphatic imine (C=N–C) groups is 4. The first-order valence-corrected chi connectivity index (χ1v) is 6.76. The lowest BCUT2D eigenvalue weighted by atomic mass is 10.2. The van der Waals surface area contributed by atoms with E-state index >= 15 is 0 Å². The van der Waals surface area contributed by atoms with Gasteiger partial charge in [0.1, 0.15) is 6.34 Å². The zero-order chi connectivity index (χ0) is 14.0. The molecule has 0 N–H and O–H groups in total. The highest BCUT2D eigenvalue weighted by atomic mass is 32.2. The fourth-order valence-corrected chi connectivity index (χ4v) is 2.59. The van der Waals surface area contributed by atoms with E-state index in [-0.39, 0.29) is 5.71 Å². The highest BCUT2D eigenvalue weighted by Crippen LogP contribution is 2.26. The normalized spacial score (nSPS) is 23.2. The average molecular weight is 287 g/mol. The lowest BCUT2D eigenvalue weighted by Crippen LogP contribution is -2.44. The minimum absolute atomic E-state index is 0.145. The number of nitrogens with zero attached hydrogens (tertiary/aromatic N) is 5. The van der Waals surface area contributed by atoms with Gasteiger partial charge in [0.05, 0.1) is 11.1 Å². The van der Waals surface area contributed by atoms with Crippen LogP contribution in [0.15, 0.2) is 50.3 Å². The Bertz CT molecular complexity index is 668. The molecule has 1 unspecified atom stereocenters. The Hall–Kier alpha value is -2.35. The molecule has 0 amide bonds. The number of nitro groups is 1. The number of hydrogen-bond donors (Lipinski definition) is 0. The summed E-state index contributed by atoms with van der Waals surface area (Å²) in [5, 5.41) is 11.5. The van der Waals surface area contributed by atoms with Gasteiger partial charge < -0.3 is 0 Å². The lowest BCUT2D eigenvalue weighted by molar-refractivity contribution is -0.541. The summed E-state index contributed by atoms with van der Waals surface area (Å²) in [7, 11) is 0. The summed E-state index contributed by atoms with van der Waals surface area (Å²) < 4.78 is 0. The Kier molecular flexibility index (Phi) is 3.15. The van der Waals surface area contributed by atoms with Gasteiger partial charge in [-0.3, -0.25) is 10.1 Å². The Morgan fingerprint density at radius 3 is 2.85 bits per heavy atom. The number of amidine groups is 1. The van der Waals surface area contributed by atoms with Crippen molar-refractivity contribution in [3.63, 3.8) is 0 Å². The molecular weight excluding hydrogens is 278 g/mol. The molecule has 0 saturated heterocycles. The SMILES string of the molecule is O=[N+]([O-])C12N=CN=C1C=NC(SCc1ccccc1)=N2. The average Bonchev–Trinajstić information content (AvgIpc) is 2.90. The second kappa shape index (κ2) is 4.97. The Morgan fingerprint density at radius 2 is 2.10 bits per heavy atom. The number of hydrogen-bond acceptors (Lipinski definition) is 7. The molecule has 0 saturated carbocycles. The third-order valence-corrected chi connectivity index (χ3v) is 3.72. The van der Waals surface area contributed by atoms with Crippen molar-refractivity contribution in [1.82, 2.24) is 0 Å². The molecule has 0 aliphatic carbocycles. The van der Waals surface area contributed by atoms with Crippen molar-refractivity contribution in [3.8, 4) is 0 Å². The summed E-state index contributed by atoms with van der Waals surface area (Å²) in [6.45, 7) is 0. The summed E-state index contributed by atoms with van der Waals surface area (Å²) in [5.41, 5.74) is 1.24. The number of benzene rings is 1. The molecule has 1 aromatic carbocycles. The molecule has 8 heteroatoms. The molecule has 7 nitrogen and oxygen atoms in total. The Balaban J connectivity index is 1.80. The molecule has 1 aromatic rings. The van der Waals surface area contributed by atoms with Crippen LogP contribution in [0.2, 0.25) is 0 Å². The van der Waals surface area contributed by atoms with Crippen LogP contribution in [0.25, 0.3) is 0 Å². The standard InChI is InChI=1S/C12H9N5O2S/c18-17(19)12-10(14-8-15-12)6-13-11(16-12)20-7-9-4-2-1-3-5-9/h1-6,8H,7H2. The van der Waals surface area contributed by atoms with Gasteiger partial charge in [-0.1, -0.05) is 42.1 Å². The van der Waals surface area contributed by atoms with Crippen LogP contribution in [0, 0.1) is 10.1 Å². The minimum Gasteiger partial charge on any atom is -0.260 e. The molecule has 0 fully saturated rings. The van der Waals surface area contributed by atoms with Crippen molar-refractivity contribution >= 4 is 35.2 Å². The maximum absolute atomic E-state index is 11.2. The first-order valence-electron chi connectivity index (χ1n) is 5.78. The molecular formula is C12H9N5O2S. The molecule has 100 valence electrons. The highest BCUT2D eigenvalue weighted by molar-refractivity contribution is 8.13. The van der Waals surface area contributed by atoms with Gasteiger partial charge in [0.25, 0.3) is 0 Å². The number of rotatable bonds is 3. The fraction of sp³-hybridized carbons (Fsp3) is 0.167. The highest BCUT2D eigenvalue weighted by Gasteiger charge is 2.52. The molecule has 0 aromatic heterocycles. The molecule has 2 heterocycles. The molecule has 0 bridgehead atoms. The van der Waals surface area contributed by atoms with Gasteiger partial charge in [-0.15, -0.1) is 0 Å². The van der Waals surface area contributed by atoms with Gasteiger partial charge in [0, 0.05) is 5.75 Å². The van der Waals surface area contributed by atoms with Gasteiger partial charge in [0.15, 0.2) is 10.9 Å². The van der Waals surface area contributed by atoms with E-state index < -0.39 is 10.7 Å². The van der Waals surface area contributed by atoms with E-state index in [1.54, 1.807) is 0 Å². The monoisotopic (exact) mass is 287 g/mol. The van der Waals surface area contributed by atoms with Crippen LogP contribution in [0.4, 0.5) is 0 Å². The largest absolute Gasteiger partial charge is 0.461 e. The summed E-state index contributed by atoms with van der Waals surface area (Å²) >= 11 is 1.33. The second-order valence-electron chi connectivity index (χ2n) is 4.08. The van der Waals surface area contributed by atoms with Gasteiger partial charge in [-0.25, -0.2) is 9.98 Å². The van der Waals surface area contributed by atoms with E-state index in [2.05, 4.69) is 20.0 Å². The van der Waals surface area contributed by atoms with Gasteiger partial charge >= 0.3 is 5.79 Å². The molecule has 2 aliphatic rings. The maximum Gasteiger partial charge on any atom is 0.461 e. The van der Waals surface area contributed by atoms with E-state index in [1.807, 2.05) is 30.3 Å². The predicted molar refractivity (Wildman–Crippen MR) is 79.3 cm³/mol. The van der Waals surface area contributed by atoms with Crippen LogP contribution in [0.5, 0.6) is 0 Å². The smallest absolute Gasteiger partial charge is 0.260 e. The quantitative estimate of drug-likeness (QED) is 0.626. The summed E-state index contributed by atoms with van der Waals surface area (Å²) in [6.07, 6.45) is 2.51. The van der Waals surface area contributed by atoms with E-state index in [0.29, 0.717) is 10.9 Å². The van der Waals surface area contributed by atoms with E-state index in [0.717, 1.165) is 11.9 Å². The second-order valence-corrected chi connectivity index (χ2v) is 5.02. The molecule has 2 aliphatic heterocycles.